The van der Waals surface area contributed by atoms with Crippen LogP contribution in [0.2, 0.25) is 0 Å². The van der Waals surface area contributed by atoms with Crippen molar-refractivity contribution in [3.05, 3.63) is 0 Å². The molecule has 0 saturated carbocycles. The van der Waals surface area contributed by atoms with Gasteiger partial charge in [0.25, 0.3) is 0 Å². The van der Waals surface area contributed by atoms with E-state index in [9.17, 15) is 4.79 Å². The molecule has 0 spiro atoms. The van der Waals surface area contributed by atoms with Crippen molar-refractivity contribution in [3.8, 4) is 0 Å². The first-order valence-electron chi connectivity index (χ1n) is 7.04. The molecule has 4 heteroatoms. The molecule has 0 amide bonds. The highest BCUT2D eigenvalue weighted by molar-refractivity contribution is 5.76. The summed E-state index contributed by atoms with van der Waals surface area (Å²) in [4.78, 5) is 12.1. The van der Waals surface area contributed by atoms with Crippen molar-refractivity contribution in [1.82, 2.24) is 5.32 Å². The number of carbonyl (C=O) groups excluding carboxylic acids is 1. The molecule has 0 aromatic rings. The fourth-order valence-electron chi connectivity index (χ4n) is 2.26. The smallest absolute Gasteiger partial charge is 0.311 e. The number of carbonyl (C=O) groups is 1. The van der Waals surface area contributed by atoms with Crippen LogP contribution >= 0.6 is 0 Å². The van der Waals surface area contributed by atoms with Gasteiger partial charge in [-0.1, -0.05) is 6.92 Å². The lowest BCUT2D eigenvalue weighted by molar-refractivity contribution is -0.159. The first-order valence-corrected chi connectivity index (χ1v) is 7.04. The Morgan fingerprint density at radius 1 is 1.33 bits per heavy atom. The Bertz CT molecular complexity index is 247. The molecule has 0 radical (unpaired) electrons. The predicted molar refractivity (Wildman–Crippen MR) is 71.4 cm³/mol. The molecule has 1 N–H and O–H groups in total. The summed E-state index contributed by atoms with van der Waals surface area (Å²) in [6, 6.07) is 0. The second-order valence-electron chi connectivity index (χ2n) is 5.51. The number of piperidine rings is 1. The van der Waals surface area contributed by atoms with Crippen LogP contribution in [0, 0.1) is 11.3 Å². The van der Waals surface area contributed by atoms with E-state index in [2.05, 4.69) is 12.2 Å². The minimum Gasteiger partial charge on any atom is -0.463 e. The van der Waals surface area contributed by atoms with Crippen LogP contribution in [0.1, 0.15) is 40.0 Å². The van der Waals surface area contributed by atoms with Crippen LogP contribution in [0.25, 0.3) is 0 Å². The van der Waals surface area contributed by atoms with Crippen molar-refractivity contribution in [2.75, 3.05) is 32.9 Å². The highest BCUT2D eigenvalue weighted by atomic mass is 16.6. The van der Waals surface area contributed by atoms with Gasteiger partial charge in [-0.15, -0.1) is 0 Å². The Morgan fingerprint density at radius 3 is 2.72 bits per heavy atom. The molecule has 106 valence electrons. The molecule has 1 aliphatic rings. The van der Waals surface area contributed by atoms with Gasteiger partial charge in [0.05, 0.1) is 12.0 Å². The first-order chi connectivity index (χ1) is 8.59. The second-order valence-corrected chi connectivity index (χ2v) is 5.51. The molecule has 4 nitrogen and oxygen atoms in total. The standard InChI is InChI=1S/C14H27NO3/c1-4-8-17-9-10-18-13(16)14(2,3)12-6-5-7-15-11-12/h12,15H,4-11H2,1-3H3. The summed E-state index contributed by atoms with van der Waals surface area (Å²) < 4.78 is 10.6. The molecule has 0 aliphatic carbocycles. The van der Waals surface area contributed by atoms with Crippen LogP contribution in [0.4, 0.5) is 0 Å². The van der Waals surface area contributed by atoms with Gasteiger partial charge in [-0.2, -0.15) is 0 Å². The van der Waals surface area contributed by atoms with Gasteiger partial charge in [0.1, 0.15) is 6.61 Å². The van der Waals surface area contributed by atoms with Gasteiger partial charge < -0.3 is 14.8 Å². The summed E-state index contributed by atoms with van der Waals surface area (Å²) in [5.74, 6) is 0.270. The molecular weight excluding hydrogens is 230 g/mol. The van der Waals surface area contributed by atoms with Gasteiger partial charge in [0.15, 0.2) is 0 Å². The van der Waals surface area contributed by atoms with Gasteiger partial charge in [0, 0.05) is 6.61 Å². The third kappa shape index (κ3) is 4.58. The SMILES string of the molecule is CCCOCCOC(=O)C(C)(C)C1CCCNC1. The molecule has 0 bridgehead atoms. The molecule has 18 heavy (non-hydrogen) atoms. The van der Waals surface area contributed by atoms with E-state index in [1.807, 2.05) is 13.8 Å². The van der Waals surface area contributed by atoms with E-state index in [0.29, 0.717) is 19.1 Å². The number of esters is 1. The lowest BCUT2D eigenvalue weighted by atomic mass is 9.75. The molecule has 0 aromatic carbocycles. The maximum Gasteiger partial charge on any atom is 0.311 e. The van der Waals surface area contributed by atoms with Crippen molar-refractivity contribution in [3.63, 3.8) is 0 Å². The summed E-state index contributed by atoms with van der Waals surface area (Å²) in [5, 5.41) is 3.35. The second kappa shape index (κ2) is 7.74. The Morgan fingerprint density at radius 2 is 2.11 bits per heavy atom. The zero-order valence-corrected chi connectivity index (χ0v) is 12.0. The van der Waals surface area contributed by atoms with Crippen molar-refractivity contribution < 1.29 is 14.3 Å². The molecular formula is C14H27NO3. The average molecular weight is 257 g/mol. The minimum atomic E-state index is -0.405. The fraction of sp³-hybridized carbons (Fsp3) is 0.929. The van der Waals surface area contributed by atoms with E-state index in [4.69, 9.17) is 9.47 Å². The average Bonchev–Trinajstić information content (AvgIpc) is 2.39. The van der Waals surface area contributed by atoms with Gasteiger partial charge in [-0.25, -0.2) is 0 Å². The summed E-state index contributed by atoms with van der Waals surface area (Å²) in [7, 11) is 0. The van der Waals surface area contributed by atoms with Crippen LogP contribution in [0.15, 0.2) is 0 Å². The quantitative estimate of drug-likeness (QED) is 0.559. The number of rotatable bonds is 7. The van der Waals surface area contributed by atoms with E-state index < -0.39 is 5.41 Å². The molecule has 1 atom stereocenters. The van der Waals surface area contributed by atoms with Crippen LogP contribution in [-0.4, -0.2) is 38.9 Å². The van der Waals surface area contributed by atoms with E-state index in [1.54, 1.807) is 0 Å². The van der Waals surface area contributed by atoms with Gasteiger partial charge in [-0.3, -0.25) is 4.79 Å². The van der Waals surface area contributed by atoms with Crippen LogP contribution in [-0.2, 0) is 14.3 Å². The Hall–Kier alpha value is -0.610. The monoisotopic (exact) mass is 257 g/mol. The molecule has 1 heterocycles. The Kier molecular flexibility index (Phi) is 6.65. The third-order valence-electron chi connectivity index (χ3n) is 3.65. The van der Waals surface area contributed by atoms with Crippen molar-refractivity contribution in [2.45, 2.75) is 40.0 Å². The van der Waals surface area contributed by atoms with E-state index >= 15 is 0 Å². The van der Waals surface area contributed by atoms with Crippen molar-refractivity contribution >= 4 is 5.97 Å². The number of nitrogens with one attached hydrogen (secondary N) is 1. The Labute approximate surface area is 110 Å². The maximum atomic E-state index is 12.1. The first kappa shape index (κ1) is 15.4. The van der Waals surface area contributed by atoms with E-state index in [0.717, 1.165) is 39.0 Å². The number of hydrogen-bond donors (Lipinski definition) is 1. The molecule has 1 fully saturated rings. The highest BCUT2D eigenvalue weighted by Crippen LogP contribution is 2.32. The third-order valence-corrected chi connectivity index (χ3v) is 3.65. The summed E-state index contributed by atoms with van der Waals surface area (Å²) in [6.45, 7) is 9.60. The largest absolute Gasteiger partial charge is 0.463 e. The summed E-state index contributed by atoms with van der Waals surface area (Å²) in [5.41, 5.74) is -0.405. The molecule has 1 unspecified atom stereocenters. The zero-order chi connectivity index (χ0) is 13.4. The van der Waals surface area contributed by atoms with E-state index in [1.165, 1.54) is 0 Å². The van der Waals surface area contributed by atoms with Crippen molar-refractivity contribution in [1.29, 1.82) is 0 Å². The molecule has 1 rings (SSSR count). The van der Waals surface area contributed by atoms with Gasteiger partial charge in [0.2, 0.25) is 0 Å². The lowest BCUT2D eigenvalue weighted by Gasteiger charge is -2.35. The zero-order valence-electron chi connectivity index (χ0n) is 12.0. The maximum absolute atomic E-state index is 12.1. The van der Waals surface area contributed by atoms with E-state index in [-0.39, 0.29) is 5.97 Å². The Balaban J connectivity index is 2.29. The molecule has 1 aliphatic heterocycles. The summed E-state index contributed by atoms with van der Waals surface area (Å²) in [6.07, 6.45) is 3.23. The van der Waals surface area contributed by atoms with Crippen molar-refractivity contribution in [2.24, 2.45) is 11.3 Å². The normalized spacial score (nSPS) is 20.7. The fourth-order valence-corrected chi connectivity index (χ4v) is 2.26. The molecule has 1 saturated heterocycles. The number of ether oxygens (including phenoxy) is 2. The predicted octanol–water partition coefficient (Wildman–Crippen LogP) is 1.98. The van der Waals surface area contributed by atoms with Crippen LogP contribution in [0.5, 0.6) is 0 Å². The highest BCUT2D eigenvalue weighted by Gasteiger charge is 2.38. The minimum absolute atomic E-state index is 0.101. The number of hydrogen-bond acceptors (Lipinski definition) is 4. The van der Waals surface area contributed by atoms with Gasteiger partial charge >= 0.3 is 5.97 Å². The van der Waals surface area contributed by atoms with Crippen LogP contribution < -0.4 is 5.32 Å². The summed E-state index contributed by atoms with van der Waals surface area (Å²) >= 11 is 0. The lowest BCUT2D eigenvalue weighted by Crippen LogP contribution is -2.43. The van der Waals surface area contributed by atoms with Gasteiger partial charge in [-0.05, 0) is 52.1 Å². The van der Waals surface area contributed by atoms with Crippen LogP contribution in [0.3, 0.4) is 0 Å². The molecule has 0 aromatic heterocycles. The topological polar surface area (TPSA) is 47.6 Å².